The molecule has 3 N–H and O–H groups in total. The first-order valence-corrected chi connectivity index (χ1v) is 5.43. The summed E-state index contributed by atoms with van der Waals surface area (Å²) in [6.45, 7) is 0. The summed E-state index contributed by atoms with van der Waals surface area (Å²) in [6.07, 6.45) is 1.80. The van der Waals surface area contributed by atoms with Crippen molar-refractivity contribution >= 4 is 16.8 Å². The van der Waals surface area contributed by atoms with Crippen LogP contribution in [0.5, 0.6) is 0 Å². The lowest BCUT2D eigenvalue weighted by Crippen LogP contribution is -2.40. The van der Waals surface area contributed by atoms with Crippen molar-refractivity contribution in [3.05, 3.63) is 53.6 Å². The summed E-state index contributed by atoms with van der Waals surface area (Å²) in [6, 6.07) is 11.3. The van der Waals surface area contributed by atoms with Crippen LogP contribution in [0.1, 0.15) is 11.1 Å². The first-order valence-electron chi connectivity index (χ1n) is 5.43. The average Bonchev–Trinajstić information content (AvgIpc) is 2.33. The van der Waals surface area contributed by atoms with Gasteiger partial charge >= 0.3 is 0 Å². The maximum Gasteiger partial charge on any atom is 0.221 e. The minimum atomic E-state index is -2.21. The third-order valence-corrected chi connectivity index (χ3v) is 3.18. The van der Waals surface area contributed by atoms with Crippen LogP contribution >= 0.6 is 0 Å². The molecule has 0 heterocycles. The molecule has 2 aromatic carbocycles. The van der Waals surface area contributed by atoms with E-state index in [0.29, 0.717) is 5.56 Å². The number of aliphatic hydroxyl groups is 3. The molecule has 3 heteroatoms. The molecule has 1 aliphatic rings. The summed E-state index contributed by atoms with van der Waals surface area (Å²) >= 11 is 0. The van der Waals surface area contributed by atoms with Gasteiger partial charge in [0.25, 0.3) is 0 Å². The summed E-state index contributed by atoms with van der Waals surface area (Å²) < 4.78 is 0. The number of rotatable bonds is 0. The van der Waals surface area contributed by atoms with Crippen LogP contribution in [0.3, 0.4) is 0 Å². The Balaban J connectivity index is 2.33. The molecule has 17 heavy (non-hydrogen) atoms. The molecular formula is C14H12O3. The Kier molecular flexibility index (Phi) is 2.10. The number of fused-ring (bicyclic) bond motifs is 2. The van der Waals surface area contributed by atoms with Crippen LogP contribution < -0.4 is 0 Å². The van der Waals surface area contributed by atoms with Crippen LogP contribution in [0.15, 0.2) is 42.5 Å². The molecule has 0 aromatic heterocycles. The lowest BCUT2D eigenvalue weighted by atomic mass is 9.88. The van der Waals surface area contributed by atoms with Crippen LogP contribution in [-0.2, 0) is 5.79 Å². The van der Waals surface area contributed by atoms with Gasteiger partial charge in [0.05, 0.1) is 0 Å². The van der Waals surface area contributed by atoms with Gasteiger partial charge in [0.15, 0.2) is 0 Å². The molecule has 0 fully saturated rings. The molecular weight excluding hydrogens is 216 g/mol. The maximum absolute atomic E-state index is 9.91. The summed E-state index contributed by atoms with van der Waals surface area (Å²) in [5.74, 6) is -2.21. The highest BCUT2D eigenvalue weighted by atomic mass is 16.5. The van der Waals surface area contributed by atoms with Crippen molar-refractivity contribution in [3.63, 3.8) is 0 Å². The minimum Gasteiger partial charge on any atom is -0.383 e. The lowest BCUT2D eigenvalue weighted by molar-refractivity contribution is -0.221. The standard InChI is InChI=1S/C14H12O3/c15-13-6-5-11-7-9-3-1-2-4-10(9)8-12(11)14(13,16)17/h1-8,13,15-17H. The maximum atomic E-state index is 9.91. The van der Waals surface area contributed by atoms with Crippen molar-refractivity contribution in [2.75, 3.05) is 0 Å². The Morgan fingerprint density at radius 3 is 2.35 bits per heavy atom. The third kappa shape index (κ3) is 1.48. The van der Waals surface area contributed by atoms with Crippen LogP contribution in [0.2, 0.25) is 0 Å². The number of benzene rings is 2. The van der Waals surface area contributed by atoms with E-state index in [9.17, 15) is 15.3 Å². The van der Waals surface area contributed by atoms with Gasteiger partial charge in [-0.25, -0.2) is 0 Å². The van der Waals surface area contributed by atoms with E-state index in [1.165, 1.54) is 6.08 Å². The van der Waals surface area contributed by atoms with Crippen LogP contribution in [0.25, 0.3) is 16.8 Å². The van der Waals surface area contributed by atoms with Crippen LogP contribution in [0, 0.1) is 0 Å². The largest absolute Gasteiger partial charge is 0.383 e. The van der Waals surface area contributed by atoms with Gasteiger partial charge in [-0.3, -0.25) is 0 Å². The Hall–Kier alpha value is -1.68. The van der Waals surface area contributed by atoms with Gasteiger partial charge < -0.3 is 15.3 Å². The van der Waals surface area contributed by atoms with Crippen molar-refractivity contribution < 1.29 is 15.3 Å². The van der Waals surface area contributed by atoms with E-state index in [4.69, 9.17) is 0 Å². The topological polar surface area (TPSA) is 60.7 Å². The molecule has 0 aliphatic heterocycles. The molecule has 1 atom stereocenters. The second-order valence-corrected chi connectivity index (χ2v) is 4.32. The monoisotopic (exact) mass is 228 g/mol. The molecule has 0 bridgehead atoms. The molecule has 1 aliphatic carbocycles. The molecule has 0 spiro atoms. The van der Waals surface area contributed by atoms with Crippen molar-refractivity contribution in [2.24, 2.45) is 0 Å². The zero-order chi connectivity index (χ0) is 12.0. The number of hydrogen-bond donors (Lipinski definition) is 3. The molecule has 2 aromatic rings. The zero-order valence-corrected chi connectivity index (χ0v) is 9.04. The number of aliphatic hydroxyl groups excluding tert-OH is 1. The second-order valence-electron chi connectivity index (χ2n) is 4.32. The molecule has 0 saturated heterocycles. The smallest absolute Gasteiger partial charge is 0.221 e. The normalized spacial score (nSPS) is 21.5. The Morgan fingerprint density at radius 2 is 1.65 bits per heavy atom. The van der Waals surface area contributed by atoms with Gasteiger partial charge in [0, 0.05) is 5.56 Å². The Bertz CT molecular complexity index is 614. The van der Waals surface area contributed by atoms with E-state index in [0.717, 1.165) is 16.3 Å². The van der Waals surface area contributed by atoms with Crippen molar-refractivity contribution in [3.8, 4) is 0 Å². The summed E-state index contributed by atoms with van der Waals surface area (Å²) in [4.78, 5) is 0. The van der Waals surface area contributed by atoms with Gasteiger partial charge in [-0.05, 0) is 34.5 Å². The van der Waals surface area contributed by atoms with Crippen molar-refractivity contribution in [2.45, 2.75) is 11.9 Å². The quantitative estimate of drug-likeness (QED) is 0.597. The van der Waals surface area contributed by atoms with E-state index in [2.05, 4.69) is 0 Å². The molecule has 1 unspecified atom stereocenters. The van der Waals surface area contributed by atoms with Gasteiger partial charge in [-0.15, -0.1) is 0 Å². The molecule has 0 amide bonds. The molecule has 86 valence electrons. The predicted molar refractivity (Wildman–Crippen MR) is 65.1 cm³/mol. The van der Waals surface area contributed by atoms with Gasteiger partial charge in [0.1, 0.15) is 6.10 Å². The van der Waals surface area contributed by atoms with Crippen LogP contribution in [-0.4, -0.2) is 21.4 Å². The van der Waals surface area contributed by atoms with Crippen LogP contribution in [0.4, 0.5) is 0 Å². The average molecular weight is 228 g/mol. The molecule has 3 rings (SSSR count). The fraction of sp³-hybridized carbons (Fsp3) is 0.143. The first-order chi connectivity index (χ1) is 8.09. The summed E-state index contributed by atoms with van der Waals surface area (Å²) in [5.41, 5.74) is 1.06. The third-order valence-electron chi connectivity index (χ3n) is 3.18. The highest BCUT2D eigenvalue weighted by molar-refractivity contribution is 5.86. The SMILES string of the molecule is OC1C=Cc2cc3ccccc3cc2C1(O)O. The summed E-state index contributed by atoms with van der Waals surface area (Å²) in [5, 5.41) is 31.3. The van der Waals surface area contributed by atoms with E-state index < -0.39 is 11.9 Å². The fourth-order valence-corrected chi connectivity index (χ4v) is 2.20. The molecule has 3 nitrogen and oxygen atoms in total. The van der Waals surface area contributed by atoms with Crippen molar-refractivity contribution in [1.82, 2.24) is 0 Å². The minimum absolute atomic E-state index is 0.339. The van der Waals surface area contributed by atoms with E-state index in [1.54, 1.807) is 12.1 Å². The van der Waals surface area contributed by atoms with Gasteiger partial charge in [-0.1, -0.05) is 30.3 Å². The van der Waals surface area contributed by atoms with Crippen molar-refractivity contribution in [1.29, 1.82) is 0 Å². The van der Waals surface area contributed by atoms with E-state index >= 15 is 0 Å². The lowest BCUT2D eigenvalue weighted by Gasteiger charge is -2.30. The number of hydrogen-bond acceptors (Lipinski definition) is 3. The fourth-order valence-electron chi connectivity index (χ4n) is 2.20. The van der Waals surface area contributed by atoms with E-state index in [1.807, 2.05) is 30.3 Å². The highest BCUT2D eigenvalue weighted by Crippen LogP contribution is 2.34. The van der Waals surface area contributed by atoms with Gasteiger partial charge in [0.2, 0.25) is 5.79 Å². The Labute approximate surface area is 98.3 Å². The Morgan fingerprint density at radius 1 is 1.00 bits per heavy atom. The van der Waals surface area contributed by atoms with E-state index in [-0.39, 0.29) is 0 Å². The highest BCUT2D eigenvalue weighted by Gasteiger charge is 2.37. The first kappa shape index (κ1) is 10.5. The predicted octanol–water partition coefficient (Wildman–Crippen LogP) is 1.36. The molecule has 0 radical (unpaired) electrons. The molecule has 0 saturated carbocycles. The summed E-state index contributed by atoms with van der Waals surface area (Å²) in [7, 11) is 0. The second kappa shape index (κ2) is 3.40. The zero-order valence-electron chi connectivity index (χ0n) is 9.04. The van der Waals surface area contributed by atoms with Gasteiger partial charge in [-0.2, -0.15) is 0 Å².